The summed E-state index contributed by atoms with van der Waals surface area (Å²) in [5.41, 5.74) is 0.780. The molecule has 1 heterocycles. The molecule has 1 aromatic carbocycles. The maximum atomic E-state index is 13.5. The highest BCUT2D eigenvalue weighted by molar-refractivity contribution is 5.73. The van der Waals surface area contributed by atoms with E-state index < -0.39 is 23.0 Å². The van der Waals surface area contributed by atoms with Crippen molar-refractivity contribution in [3.8, 4) is 11.5 Å². The average Bonchev–Trinajstić information content (AvgIpc) is 2.82. The Morgan fingerprint density at radius 1 is 1.33 bits per heavy atom. The predicted molar refractivity (Wildman–Crippen MR) is 139 cm³/mol. The number of halogens is 1. The first-order valence-corrected chi connectivity index (χ1v) is 12.5. The molecule has 7 nitrogen and oxygen atoms in total. The minimum absolute atomic E-state index is 0.0695. The van der Waals surface area contributed by atoms with Gasteiger partial charge in [0.2, 0.25) is 5.82 Å². The number of H-pyrrole nitrogens is 1. The molecule has 0 aliphatic heterocycles. The van der Waals surface area contributed by atoms with Gasteiger partial charge in [-0.1, -0.05) is 37.5 Å². The monoisotopic (exact) mass is 500 g/mol. The minimum atomic E-state index is -1.10. The van der Waals surface area contributed by atoms with Gasteiger partial charge >= 0.3 is 11.7 Å². The van der Waals surface area contributed by atoms with Crippen LogP contribution in [0.25, 0.3) is 0 Å². The number of nitrogens with zero attached hydrogens (tertiary/aromatic N) is 1. The largest absolute Gasteiger partial charge is 0.507 e. The Labute approximate surface area is 211 Å². The lowest BCUT2D eigenvalue weighted by atomic mass is 9.84. The molecule has 1 unspecified atom stereocenters. The molecule has 1 atom stereocenters. The third kappa shape index (κ3) is 8.07. The Hall–Kier alpha value is -3.42. The second-order valence-corrected chi connectivity index (χ2v) is 9.03. The Morgan fingerprint density at radius 3 is 2.72 bits per heavy atom. The topological polar surface area (TPSA) is 101 Å². The first-order valence-electron chi connectivity index (χ1n) is 12.5. The minimum Gasteiger partial charge on any atom is -0.507 e. The van der Waals surface area contributed by atoms with E-state index in [1.807, 2.05) is 13.8 Å². The van der Waals surface area contributed by atoms with Gasteiger partial charge in [-0.2, -0.15) is 4.39 Å². The summed E-state index contributed by atoms with van der Waals surface area (Å²) in [5.74, 6) is -1.45. The smallest absolute Gasteiger partial charge is 0.328 e. The van der Waals surface area contributed by atoms with Gasteiger partial charge in [-0.05, 0) is 63.6 Å². The summed E-state index contributed by atoms with van der Waals surface area (Å²) in [6.07, 6.45) is 10.9. The Balaban J connectivity index is 0.00000145. The lowest BCUT2D eigenvalue weighted by molar-refractivity contribution is -0.134. The van der Waals surface area contributed by atoms with E-state index in [9.17, 15) is 23.9 Å². The summed E-state index contributed by atoms with van der Waals surface area (Å²) in [6, 6.07) is 3.54. The number of aryl methyl sites for hydroxylation is 1. The molecule has 3 rings (SSSR count). The van der Waals surface area contributed by atoms with Crippen LogP contribution < -0.4 is 16.0 Å². The zero-order chi connectivity index (χ0) is 26.7. The van der Waals surface area contributed by atoms with E-state index in [1.54, 1.807) is 18.2 Å². The number of carbonyl (C=O) groups excluding carboxylic acids is 1. The van der Waals surface area contributed by atoms with Crippen LogP contribution in [0.5, 0.6) is 11.5 Å². The summed E-state index contributed by atoms with van der Waals surface area (Å²) in [6.45, 7) is 9.09. The first-order chi connectivity index (χ1) is 17.2. The Bertz CT molecular complexity index is 1200. The van der Waals surface area contributed by atoms with E-state index in [2.05, 4.69) is 24.6 Å². The van der Waals surface area contributed by atoms with Gasteiger partial charge in [-0.25, -0.2) is 4.79 Å². The molecule has 1 aromatic heterocycles. The zero-order valence-corrected chi connectivity index (χ0v) is 21.4. The number of rotatable bonds is 9. The normalized spacial score (nSPS) is 14.9. The number of phenolic OH excluding ortho intramolecular Hbond substituents is 1. The average molecular weight is 501 g/mol. The molecule has 196 valence electrons. The molecule has 1 aliphatic rings. The van der Waals surface area contributed by atoms with Crippen molar-refractivity contribution < 1.29 is 19.0 Å². The first kappa shape index (κ1) is 28.8. The lowest BCUT2D eigenvalue weighted by Gasteiger charge is -2.23. The molecule has 2 aromatic rings. The van der Waals surface area contributed by atoms with Crippen LogP contribution in [-0.2, 0) is 17.8 Å². The van der Waals surface area contributed by atoms with E-state index >= 15 is 0 Å². The van der Waals surface area contributed by atoms with Crippen LogP contribution in [0.15, 0.2) is 52.2 Å². The maximum absolute atomic E-state index is 13.5. The summed E-state index contributed by atoms with van der Waals surface area (Å²) in [7, 11) is 0. The van der Waals surface area contributed by atoms with E-state index in [4.69, 9.17) is 4.74 Å². The van der Waals surface area contributed by atoms with E-state index in [0.717, 1.165) is 50.5 Å². The van der Waals surface area contributed by atoms with Crippen molar-refractivity contribution in [1.29, 1.82) is 0 Å². The second kappa shape index (κ2) is 14.2. The zero-order valence-electron chi connectivity index (χ0n) is 21.4. The number of phenols is 1. The van der Waals surface area contributed by atoms with Crippen molar-refractivity contribution in [3.63, 3.8) is 0 Å². The molecule has 0 radical (unpaired) electrons. The molecule has 8 heteroatoms. The molecule has 0 spiro atoms. The lowest BCUT2D eigenvalue weighted by Crippen LogP contribution is -2.37. The van der Waals surface area contributed by atoms with Crippen molar-refractivity contribution in [2.24, 2.45) is 0 Å². The van der Waals surface area contributed by atoms with E-state index in [-0.39, 0.29) is 24.6 Å². The number of allylic oxidation sites excluding steroid dienone is 3. The molecule has 0 saturated heterocycles. The highest BCUT2D eigenvalue weighted by Crippen LogP contribution is 2.42. The molecule has 0 bridgehead atoms. The molecule has 0 saturated carbocycles. The highest BCUT2D eigenvalue weighted by Gasteiger charge is 2.24. The van der Waals surface area contributed by atoms with Crippen LogP contribution in [-0.4, -0.2) is 20.6 Å². The number of aromatic nitrogens is 2. The summed E-state index contributed by atoms with van der Waals surface area (Å²) < 4.78 is 19.8. The van der Waals surface area contributed by atoms with Crippen molar-refractivity contribution in [3.05, 3.63) is 80.4 Å². The van der Waals surface area contributed by atoms with E-state index in [0.29, 0.717) is 22.1 Å². The predicted octanol–water partition coefficient (Wildman–Crippen LogP) is 5.52. The fourth-order valence-corrected chi connectivity index (χ4v) is 4.25. The summed E-state index contributed by atoms with van der Waals surface area (Å²) >= 11 is 0. The van der Waals surface area contributed by atoms with Gasteiger partial charge in [0.1, 0.15) is 11.5 Å². The number of aromatic amines is 1. The van der Waals surface area contributed by atoms with Crippen LogP contribution in [0.3, 0.4) is 0 Å². The van der Waals surface area contributed by atoms with Crippen molar-refractivity contribution in [2.75, 3.05) is 0 Å². The van der Waals surface area contributed by atoms with Gasteiger partial charge in [0, 0.05) is 24.2 Å². The van der Waals surface area contributed by atoms with Crippen LogP contribution in [0.2, 0.25) is 0 Å². The highest BCUT2D eigenvalue weighted by atomic mass is 19.1. The molecule has 2 N–H and O–H groups in total. The van der Waals surface area contributed by atoms with Gasteiger partial charge in [0.05, 0.1) is 6.42 Å². The van der Waals surface area contributed by atoms with E-state index in [1.165, 1.54) is 5.57 Å². The molecular weight excluding hydrogens is 463 g/mol. The van der Waals surface area contributed by atoms with Gasteiger partial charge in [0.15, 0.2) is 0 Å². The summed E-state index contributed by atoms with van der Waals surface area (Å²) in [4.78, 5) is 38.4. The number of hydrogen-bond acceptors (Lipinski definition) is 5. The molecule has 0 amide bonds. The number of benzene rings is 1. The number of hydrogen-bond donors (Lipinski definition) is 2. The number of esters is 1. The molecule has 1 aliphatic carbocycles. The quantitative estimate of drug-likeness (QED) is 0.204. The standard InChI is InChI=1S/C25H31FN2O5.C3H6/c1-3-4-5-8-17-13-20(29)23(18-9-6-7-16(2)12-18)21(14-17)33-22(30)10-11-28-24(31)19(26)15-27-25(28)32;1-3-2/h12-15,18,29H,3-11H2,1-2H3,(H,27,32);3H,1H2,2H3. The Morgan fingerprint density at radius 2 is 2.06 bits per heavy atom. The van der Waals surface area contributed by atoms with Crippen LogP contribution in [0.1, 0.15) is 82.8 Å². The second-order valence-electron chi connectivity index (χ2n) is 9.03. The van der Waals surface area contributed by atoms with Gasteiger partial charge in [-0.3, -0.25) is 14.2 Å². The van der Waals surface area contributed by atoms with Crippen molar-refractivity contribution in [1.82, 2.24) is 9.55 Å². The van der Waals surface area contributed by atoms with Crippen LogP contribution in [0.4, 0.5) is 4.39 Å². The number of aromatic hydroxyl groups is 1. The van der Waals surface area contributed by atoms with Crippen LogP contribution in [0, 0.1) is 5.82 Å². The van der Waals surface area contributed by atoms with Crippen molar-refractivity contribution in [2.45, 2.75) is 84.6 Å². The Kier molecular flexibility index (Phi) is 11.4. The molecular formula is C28H37FN2O5. The fourth-order valence-electron chi connectivity index (χ4n) is 4.25. The number of unbranched alkanes of at least 4 members (excludes halogenated alkanes) is 2. The number of ether oxygens (including phenoxy) is 1. The molecule has 36 heavy (non-hydrogen) atoms. The van der Waals surface area contributed by atoms with Gasteiger partial charge in [0.25, 0.3) is 5.56 Å². The maximum Gasteiger partial charge on any atom is 0.328 e. The fraction of sp³-hybridized carbons (Fsp3) is 0.464. The summed E-state index contributed by atoms with van der Waals surface area (Å²) in [5, 5.41) is 10.8. The molecule has 0 fully saturated rings. The number of carbonyl (C=O) groups is 1. The number of nitrogens with one attached hydrogen (secondary N) is 1. The van der Waals surface area contributed by atoms with Gasteiger partial charge < -0.3 is 14.8 Å². The SMILES string of the molecule is C=CC.CCCCCc1cc(O)c(C2C=C(C)CCC2)c(OC(=O)CCn2c(=O)[nH]cc(F)c2=O)c1. The van der Waals surface area contributed by atoms with Crippen molar-refractivity contribution >= 4 is 5.97 Å². The third-order valence-electron chi connectivity index (χ3n) is 5.97. The van der Waals surface area contributed by atoms with Gasteiger partial charge in [-0.15, -0.1) is 6.58 Å². The third-order valence-corrected chi connectivity index (χ3v) is 5.97. The van der Waals surface area contributed by atoms with Crippen LogP contribution >= 0.6 is 0 Å².